The number of rotatable bonds is 6. The Balaban J connectivity index is 3.80. The SMILES string of the molecule is COCCC(C)(C)CNC(=O)C(C)N. The number of amides is 1. The molecule has 0 heterocycles. The lowest BCUT2D eigenvalue weighted by molar-refractivity contribution is -0.122. The van der Waals surface area contributed by atoms with Crippen LogP contribution in [0.2, 0.25) is 0 Å². The van der Waals surface area contributed by atoms with Gasteiger partial charge in [0.1, 0.15) is 0 Å². The van der Waals surface area contributed by atoms with Crippen LogP contribution in [0.1, 0.15) is 27.2 Å². The molecule has 0 saturated carbocycles. The second kappa shape index (κ2) is 5.98. The molecule has 4 heteroatoms. The van der Waals surface area contributed by atoms with Crippen molar-refractivity contribution in [3.63, 3.8) is 0 Å². The van der Waals surface area contributed by atoms with Crippen LogP contribution in [0.5, 0.6) is 0 Å². The predicted octanol–water partition coefficient (Wildman–Crippen LogP) is 0.513. The Morgan fingerprint density at radius 3 is 2.57 bits per heavy atom. The van der Waals surface area contributed by atoms with Crippen molar-refractivity contribution in [2.24, 2.45) is 11.1 Å². The monoisotopic (exact) mass is 202 g/mol. The molecule has 1 amide bonds. The summed E-state index contributed by atoms with van der Waals surface area (Å²) in [6, 6.07) is -0.437. The van der Waals surface area contributed by atoms with Crippen LogP contribution in [-0.4, -0.2) is 32.2 Å². The third-order valence-corrected chi connectivity index (χ3v) is 2.14. The van der Waals surface area contributed by atoms with Crippen molar-refractivity contribution in [2.45, 2.75) is 33.2 Å². The Morgan fingerprint density at radius 2 is 2.14 bits per heavy atom. The first-order chi connectivity index (χ1) is 6.39. The van der Waals surface area contributed by atoms with Gasteiger partial charge in [0, 0.05) is 20.3 Å². The third-order valence-electron chi connectivity index (χ3n) is 2.14. The Labute approximate surface area is 86.2 Å². The maximum atomic E-state index is 11.2. The lowest BCUT2D eigenvalue weighted by Gasteiger charge is -2.24. The average Bonchev–Trinajstić information content (AvgIpc) is 2.11. The molecule has 0 spiro atoms. The van der Waals surface area contributed by atoms with Gasteiger partial charge in [-0.05, 0) is 18.8 Å². The first-order valence-electron chi connectivity index (χ1n) is 4.91. The highest BCUT2D eigenvalue weighted by Crippen LogP contribution is 2.18. The van der Waals surface area contributed by atoms with Gasteiger partial charge in [-0.1, -0.05) is 13.8 Å². The third kappa shape index (κ3) is 5.94. The van der Waals surface area contributed by atoms with Crippen molar-refractivity contribution in [1.29, 1.82) is 0 Å². The van der Waals surface area contributed by atoms with E-state index in [0.717, 1.165) is 6.42 Å². The van der Waals surface area contributed by atoms with E-state index in [1.807, 2.05) is 0 Å². The molecule has 0 aliphatic rings. The lowest BCUT2D eigenvalue weighted by atomic mass is 9.89. The van der Waals surface area contributed by atoms with E-state index in [4.69, 9.17) is 10.5 Å². The maximum Gasteiger partial charge on any atom is 0.236 e. The molecule has 0 bridgehead atoms. The molecule has 84 valence electrons. The topological polar surface area (TPSA) is 64.3 Å². The van der Waals surface area contributed by atoms with Crippen molar-refractivity contribution < 1.29 is 9.53 Å². The number of carbonyl (C=O) groups excluding carboxylic acids is 1. The van der Waals surface area contributed by atoms with Gasteiger partial charge in [0.05, 0.1) is 6.04 Å². The highest BCUT2D eigenvalue weighted by Gasteiger charge is 2.19. The van der Waals surface area contributed by atoms with Crippen molar-refractivity contribution >= 4 is 5.91 Å². The summed E-state index contributed by atoms with van der Waals surface area (Å²) >= 11 is 0. The number of hydrogen-bond donors (Lipinski definition) is 2. The highest BCUT2D eigenvalue weighted by atomic mass is 16.5. The van der Waals surface area contributed by atoms with Gasteiger partial charge in [-0.2, -0.15) is 0 Å². The van der Waals surface area contributed by atoms with Crippen LogP contribution in [0, 0.1) is 5.41 Å². The molecule has 0 fully saturated rings. The zero-order chi connectivity index (χ0) is 11.2. The molecule has 0 saturated heterocycles. The van der Waals surface area contributed by atoms with E-state index >= 15 is 0 Å². The fourth-order valence-electron chi connectivity index (χ4n) is 0.954. The molecule has 0 aromatic heterocycles. The fraction of sp³-hybridized carbons (Fsp3) is 0.900. The minimum absolute atomic E-state index is 0.0561. The van der Waals surface area contributed by atoms with Gasteiger partial charge < -0.3 is 15.8 Å². The van der Waals surface area contributed by atoms with E-state index in [1.165, 1.54) is 0 Å². The molecule has 0 radical (unpaired) electrons. The number of ether oxygens (including phenoxy) is 1. The summed E-state index contributed by atoms with van der Waals surface area (Å²) in [4.78, 5) is 11.2. The molecule has 0 aromatic rings. The molecule has 1 unspecified atom stereocenters. The molecule has 0 aliphatic carbocycles. The summed E-state index contributed by atoms with van der Waals surface area (Å²) in [5, 5.41) is 2.81. The van der Waals surface area contributed by atoms with E-state index in [2.05, 4.69) is 19.2 Å². The summed E-state index contributed by atoms with van der Waals surface area (Å²) in [6.07, 6.45) is 0.919. The highest BCUT2D eigenvalue weighted by molar-refractivity contribution is 5.80. The summed E-state index contributed by atoms with van der Waals surface area (Å²) in [7, 11) is 1.68. The normalized spacial score (nSPS) is 13.8. The minimum Gasteiger partial charge on any atom is -0.385 e. The summed E-state index contributed by atoms with van der Waals surface area (Å²) in [5.74, 6) is -0.101. The van der Waals surface area contributed by atoms with Gasteiger partial charge in [-0.3, -0.25) is 4.79 Å². The first-order valence-corrected chi connectivity index (χ1v) is 4.91. The van der Waals surface area contributed by atoms with Crippen molar-refractivity contribution in [3.8, 4) is 0 Å². The van der Waals surface area contributed by atoms with E-state index in [1.54, 1.807) is 14.0 Å². The molecule has 3 N–H and O–H groups in total. The maximum absolute atomic E-state index is 11.2. The van der Waals surface area contributed by atoms with E-state index in [-0.39, 0.29) is 11.3 Å². The smallest absolute Gasteiger partial charge is 0.236 e. The number of nitrogens with one attached hydrogen (secondary N) is 1. The standard InChI is InChI=1S/C10H22N2O2/c1-8(11)9(13)12-7-10(2,3)5-6-14-4/h8H,5-7,11H2,1-4H3,(H,12,13). The van der Waals surface area contributed by atoms with Crippen molar-refractivity contribution in [1.82, 2.24) is 5.32 Å². The number of nitrogens with two attached hydrogens (primary N) is 1. The molecule has 0 aromatic carbocycles. The van der Waals surface area contributed by atoms with E-state index in [9.17, 15) is 4.79 Å². The quantitative estimate of drug-likeness (QED) is 0.659. The van der Waals surface area contributed by atoms with Gasteiger partial charge in [0.15, 0.2) is 0 Å². The van der Waals surface area contributed by atoms with Crippen LogP contribution in [-0.2, 0) is 9.53 Å². The van der Waals surface area contributed by atoms with Gasteiger partial charge in [-0.15, -0.1) is 0 Å². The van der Waals surface area contributed by atoms with Crippen molar-refractivity contribution in [3.05, 3.63) is 0 Å². The van der Waals surface area contributed by atoms with Crippen molar-refractivity contribution in [2.75, 3.05) is 20.3 Å². The first kappa shape index (κ1) is 13.4. The summed E-state index contributed by atoms with van der Waals surface area (Å²) in [5.41, 5.74) is 5.48. The van der Waals surface area contributed by atoms with Gasteiger partial charge in [-0.25, -0.2) is 0 Å². The Bertz CT molecular complexity index is 179. The second-order valence-corrected chi connectivity index (χ2v) is 4.41. The second-order valence-electron chi connectivity index (χ2n) is 4.41. The van der Waals surface area contributed by atoms with Crippen LogP contribution in [0.3, 0.4) is 0 Å². The number of hydrogen-bond acceptors (Lipinski definition) is 3. The summed E-state index contributed by atoms with van der Waals surface area (Å²) < 4.78 is 4.99. The van der Waals surface area contributed by atoms with Crippen LogP contribution in [0.4, 0.5) is 0 Å². The lowest BCUT2D eigenvalue weighted by Crippen LogP contribution is -2.42. The molecule has 0 rings (SSSR count). The number of methoxy groups -OCH3 is 1. The van der Waals surface area contributed by atoms with Gasteiger partial charge in [0.2, 0.25) is 5.91 Å². The van der Waals surface area contributed by atoms with Crippen LogP contribution < -0.4 is 11.1 Å². The molecule has 4 nitrogen and oxygen atoms in total. The molecular weight excluding hydrogens is 180 g/mol. The Kier molecular flexibility index (Phi) is 5.72. The average molecular weight is 202 g/mol. The van der Waals surface area contributed by atoms with Gasteiger partial charge in [0.25, 0.3) is 0 Å². The van der Waals surface area contributed by atoms with Crippen LogP contribution in [0.25, 0.3) is 0 Å². The Hall–Kier alpha value is -0.610. The number of carbonyl (C=O) groups is 1. The molecular formula is C10H22N2O2. The van der Waals surface area contributed by atoms with E-state index < -0.39 is 6.04 Å². The summed E-state index contributed by atoms with van der Waals surface area (Å²) in [6.45, 7) is 7.20. The Morgan fingerprint density at radius 1 is 1.57 bits per heavy atom. The molecule has 14 heavy (non-hydrogen) atoms. The molecule has 0 aliphatic heterocycles. The molecule has 1 atom stereocenters. The largest absolute Gasteiger partial charge is 0.385 e. The van der Waals surface area contributed by atoms with Crippen LogP contribution in [0.15, 0.2) is 0 Å². The zero-order valence-electron chi connectivity index (χ0n) is 9.59. The zero-order valence-corrected chi connectivity index (χ0v) is 9.59. The van der Waals surface area contributed by atoms with Gasteiger partial charge >= 0.3 is 0 Å². The predicted molar refractivity (Wildman–Crippen MR) is 56.9 cm³/mol. The van der Waals surface area contributed by atoms with E-state index in [0.29, 0.717) is 13.2 Å². The van der Waals surface area contributed by atoms with Crippen LogP contribution >= 0.6 is 0 Å². The minimum atomic E-state index is -0.437. The fourth-order valence-corrected chi connectivity index (χ4v) is 0.954.